The van der Waals surface area contributed by atoms with E-state index in [-0.39, 0.29) is 11.9 Å². The van der Waals surface area contributed by atoms with E-state index in [1.54, 1.807) is 0 Å². The van der Waals surface area contributed by atoms with E-state index in [9.17, 15) is 4.79 Å². The Bertz CT molecular complexity index is 1030. The summed E-state index contributed by atoms with van der Waals surface area (Å²) < 4.78 is 2.27. The topological polar surface area (TPSA) is 63.1 Å². The van der Waals surface area contributed by atoms with E-state index >= 15 is 0 Å². The zero-order valence-corrected chi connectivity index (χ0v) is 17.1. The lowest BCUT2D eigenvalue weighted by Gasteiger charge is -2.32. The summed E-state index contributed by atoms with van der Waals surface area (Å²) in [6.45, 7) is 2.49. The minimum Gasteiger partial charge on any atom is -0.324 e. The molecule has 0 bridgehead atoms. The molecular weight excluding hydrogens is 374 g/mol. The van der Waals surface area contributed by atoms with Crippen LogP contribution >= 0.6 is 0 Å². The Hall–Kier alpha value is -3.15. The van der Waals surface area contributed by atoms with Gasteiger partial charge in [0.05, 0.1) is 0 Å². The number of fused-ring (bicyclic) bond motifs is 1. The van der Waals surface area contributed by atoms with Crippen molar-refractivity contribution in [1.29, 1.82) is 0 Å². The van der Waals surface area contributed by atoms with E-state index < -0.39 is 0 Å². The maximum Gasteiger partial charge on any atom is 0.321 e. The zero-order chi connectivity index (χ0) is 20.3. The van der Waals surface area contributed by atoms with Crippen LogP contribution in [0.25, 0.3) is 0 Å². The van der Waals surface area contributed by atoms with Crippen LogP contribution in [0.5, 0.6) is 0 Å². The van der Waals surface area contributed by atoms with Gasteiger partial charge in [0.25, 0.3) is 0 Å². The molecule has 0 aliphatic carbocycles. The quantitative estimate of drug-likeness (QED) is 0.712. The molecule has 1 aromatic heterocycles. The Morgan fingerprint density at radius 3 is 2.73 bits per heavy atom. The van der Waals surface area contributed by atoms with E-state index in [2.05, 4.69) is 38.3 Å². The fourth-order valence-electron chi connectivity index (χ4n) is 4.65. The number of aryl methyl sites for hydroxylation is 1. The molecule has 0 radical (unpaired) electrons. The number of aromatic nitrogens is 3. The number of para-hydroxylation sites is 1. The van der Waals surface area contributed by atoms with Crippen LogP contribution in [0, 0.1) is 0 Å². The highest BCUT2D eigenvalue weighted by Crippen LogP contribution is 2.29. The number of benzene rings is 2. The predicted molar refractivity (Wildman–Crippen MR) is 117 cm³/mol. The molecule has 2 amide bonds. The predicted octanol–water partition coefficient (Wildman–Crippen LogP) is 4.23. The maximum absolute atomic E-state index is 13.1. The van der Waals surface area contributed by atoms with Gasteiger partial charge in [0.2, 0.25) is 0 Å². The lowest BCUT2D eigenvalue weighted by Crippen LogP contribution is -2.42. The molecule has 3 heterocycles. The van der Waals surface area contributed by atoms with Gasteiger partial charge in [-0.3, -0.25) is 0 Å². The molecule has 6 nitrogen and oxygen atoms in total. The van der Waals surface area contributed by atoms with Crippen LogP contribution in [-0.2, 0) is 19.4 Å². The molecule has 2 aliphatic heterocycles. The highest BCUT2D eigenvalue weighted by Gasteiger charge is 2.30. The second kappa shape index (κ2) is 8.30. The number of hydrogen-bond donors (Lipinski definition) is 1. The van der Waals surface area contributed by atoms with Crippen LogP contribution in [0.15, 0.2) is 54.6 Å². The van der Waals surface area contributed by atoms with Gasteiger partial charge in [0, 0.05) is 37.7 Å². The molecule has 6 heteroatoms. The molecule has 154 valence electrons. The van der Waals surface area contributed by atoms with E-state index in [1.807, 2.05) is 41.3 Å². The third-order valence-electron chi connectivity index (χ3n) is 6.21. The molecule has 5 rings (SSSR count). The van der Waals surface area contributed by atoms with Crippen molar-refractivity contribution in [3.8, 4) is 0 Å². The highest BCUT2D eigenvalue weighted by atomic mass is 16.2. The number of nitrogens with one attached hydrogen (secondary N) is 1. The van der Waals surface area contributed by atoms with Crippen LogP contribution in [0.2, 0.25) is 0 Å². The van der Waals surface area contributed by atoms with Gasteiger partial charge >= 0.3 is 6.03 Å². The third kappa shape index (κ3) is 3.82. The summed E-state index contributed by atoms with van der Waals surface area (Å²) in [5.74, 6) is 2.43. The van der Waals surface area contributed by atoms with Crippen molar-refractivity contribution in [3.63, 3.8) is 0 Å². The number of hydrogen-bond acceptors (Lipinski definition) is 3. The zero-order valence-electron chi connectivity index (χ0n) is 17.1. The number of urea groups is 1. The normalized spacial score (nSPS) is 18.3. The molecule has 1 saturated heterocycles. The Balaban J connectivity index is 1.28. The summed E-state index contributed by atoms with van der Waals surface area (Å²) in [6, 6.07) is 18.4. The first-order valence-corrected chi connectivity index (χ1v) is 10.9. The largest absolute Gasteiger partial charge is 0.324 e. The minimum atomic E-state index is -0.0265. The van der Waals surface area contributed by atoms with Gasteiger partial charge in [-0.15, -0.1) is 10.2 Å². The fraction of sp³-hybridized carbons (Fsp3) is 0.375. The van der Waals surface area contributed by atoms with Crippen LogP contribution in [-0.4, -0.2) is 38.8 Å². The van der Waals surface area contributed by atoms with Gasteiger partial charge in [-0.2, -0.15) is 0 Å². The molecule has 1 fully saturated rings. The van der Waals surface area contributed by atoms with Crippen molar-refractivity contribution in [2.45, 2.75) is 44.6 Å². The third-order valence-corrected chi connectivity index (χ3v) is 6.21. The molecule has 1 unspecified atom stereocenters. The Labute approximate surface area is 176 Å². The fourth-order valence-corrected chi connectivity index (χ4v) is 4.65. The van der Waals surface area contributed by atoms with Gasteiger partial charge in [0.15, 0.2) is 0 Å². The minimum absolute atomic E-state index is 0.0265. The van der Waals surface area contributed by atoms with Gasteiger partial charge in [-0.25, -0.2) is 4.79 Å². The number of piperidine rings is 1. The van der Waals surface area contributed by atoms with Gasteiger partial charge in [-0.05, 0) is 42.9 Å². The number of amides is 2. The first-order valence-electron chi connectivity index (χ1n) is 10.9. The monoisotopic (exact) mass is 401 g/mol. The molecule has 1 atom stereocenters. The number of carbonyl (C=O) groups excluding carboxylic acids is 1. The van der Waals surface area contributed by atoms with Crippen molar-refractivity contribution in [3.05, 3.63) is 77.4 Å². The smallest absolute Gasteiger partial charge is 0.321 e. The van der Waals surface area contributed by atoms with Crippen molar-refractivity contribution in [1.82, 2.24) is 19.7 Å². The average Bonchev–Trinajstić information content (AvgIpc) is 3.40. The van der Waals surface area contributed by atoms with Crippen LogP contribution < -0.4 is 5.32 Å². The summed E-state index contributed by atoms with van der Waals surface area (Å²) in [5.41, 5.74) is 3.25. The number of rotatable bonds is 4. The molecule has 2 aromatic carbocycles. The average molecular weight is 402 g/mol. The van der Waals surface area contributed by atoms with Crippen molar-refractivity contribution in [2.24, 2.45) is 0 Å². The summed E-state index contributed by atoms with van der Waals surface area (Å²) in [4.78, 5) is 15.0. The summed E-state index contributed by atoms with van der Waals surface area (Å²) >= 11 is 0. The number of nitrogens with zero attached hydrogens (tertiary/aromatic N) is 4. The molecule has 0 spiro atoms. The van der Waals surface area contributed by atoms with Crippen molar-refractivity contribution in [2.75, 3.05) is 18.4 Å². The SMILES string of the molecule is O=C(Nc1ccccc1Cc1ccccc1)N1CCCC(c2nnc3n2CCC3)C1. The van der Waals surface area contributed by atoms with Crippen molar-refractivity contribution >= 4 is 11.7 Å². The standard InChI is InChI=1S/C24H27N5O/c30-24(25-21-12-5-4-10-19(21)16-18-8-2-1-3-9-18)28-14-6-11-20(17-28)23-27-26-22-13-7-15-29(22)23/h1-5,8-10,12,20H,6-7,11,13-17H2,(H,25,30). The van der Waals surface area contributed by atoms with Gasteiger partial charge in [-0.1, -0.05) is 48.5 Å². The highest BCUT2D eigenvalue weighted by molar-refractivity contribution is 5.90. The number of likely N-dealkylation sites (tertiary alicyclic amines) is 1. The van der Waals surface area contributed by atoms with Crippen molar-refractivity contribution < 1.29 is 4.79 Å². The van der Waals surface area contributed by atoms with Crippen LogP contribution in [0.3, 0.4) is 0 Å². The maximum atomic E-state index is 13.1. The Kier molecular flexibility index (Phi) is 5.22. The van der Waals surface area contributed by atoms with E-state index in [0.29, 0.717) is 6.54 Å². The lowest BCUT2D eigenvalue weighted by atomic mass is 9.97. The Morgan fingerprint density at radius 1 is 1.00 bits per heavy atom. The van der Waals surface area contributed by atoms with E-state index in [4.69, 9.17) is 0 Å². The Morgan fingerprint density at radius 2 is 1.83 bits per heavy atom. The molecule has 2 aliphatic rings. The van der Waals surface area contributed by atoms with Gasteiger partial charge < -0.3 is 14.8 Å². The van der Waals surface area contributed by atoms with Crippen LogP contribution in [0.1, 0.15) is 48.0 Å². The number of anilines is 1. The second-order valence-corrected chi connectivity index (χ2v) is 8.26. The molecular formula is C24H27N5O. The van der Waals surface area contributed by atoms with Gasteiger partial charge in [0.1, 0.15) is 11.6 Å². The van der Waals surface area contributed by atoms with Crippen LogP contribution in [0.4, 0.5) is 10.5 Å². The molecule has 1 N–H and O–H groups in total. The number of carbonyl (C=O) groups is 1. The summed E-state index contributed by atoms with van der Waals surface area (Å²) in [5, 5.41) is 12.0. The molecule has 0 saturated carbocycles. The summed E-state index contributed by atoms with van der Waals surface area (Å²) in [7, 11) is 0. The molecule has 3 aromatic rings. The first-order chi connectivity index (χ1) is 14.8. The lowest BCUT2D eigenvalue weighted by molar-refractivity contribution is 0.190. The second-order valence-electron chi connectivity index (χ2n) is 8.26. The summed E-state index contributed by atoms with van der Waals surface area (Å²) in [6.07, 6.45) is 5.01. The van der Waals surface area contributed by atoms with E-state index in [0.717, 1.165) is 68.1 Å². The first kappa shape index (κ1) is 18.9. The molecule has 30 heavy (non-hydrogen) atoms. The van der Waals surface area contributed by atoms with E-state index in [1.165, 1.54) is 5.56 Å².